The summed E-state index contributed by atoms with van der Waals surface area (Å²) in [5, 5.41) is 13.6. The Morgan fingerprint density at radius 1 is 1.85 bits per heavy atom. The molecule has 0 saturated heterocycles. The number of aromatic nitrogens is 2. The number of nitrogens with two attached hydrogens (primary N) is 2. The second-order valence-corrected chi connectivity index (χ2v) is 2.30. The number of hydrogen-bond donors (Lipinski definition) is 2. The predicted molar refractivity (Wildman–Crippen MR) is 44.8 cm³/mol. The Labute approximate surface area is 73.0 Å². The predicted octanol–water partition coefficient (Wildman–Crippen LogP) is -1.09. The molecule has 1 aromatic rings. The molecular formula is C5H8N6O2. The number of aryl methyl sites for hydroxylation is 1. The second-order valence-electron chi connectivity index (χ2n) is 2.30. The number of rotatable bonds is 2. The van der Waals surface area contributed by atoms with Crippen LogP contribution in [0.2, 0.25) is 0 Å². The Bertz CT molecular complexity index is 367. The van der Waals surface area contributed by atoms with Crippen molar-refractivity contribution >= 4 is 11.7 Å². The molecule has 0 aromatic carbocycles. The summed E-state index contributed by atoms with van der Waals surface area (Å²) in [5.41, 5.74) is 5.44. The number of hydrogen-bond acceptors (Lipinski definition) is 5. The first-order valence-electron chi connectivity index (χ1n) is 3.27. The number of hydrazone groups is 1. The third-order valence-corrected chi connectivity index (χ3v) is 1.47. The van der Waals surface area contributed by atoms with Crippen LogP contribution in [0.1, 0.15) is 5.69 Å². The molecule has 0 radical (unpaired) electrons. The van der Waals surface area contributed by atoms with Crippen LogP contribution in [0.3, 0.4) is 0 Å². The van der Waals surface area contributed by atoms with Gasteiger partial charge in [-0.25, -0.2) is 0 Å². The first kappa shape index (κ1) is 8.97. The molecule has 0 amide bonds. The van der Waals surface area contributed by atoms with E-state index in [4.69, 9.17) is 11.6 Å². The summed E-state index contributed by atoms with van der Waals surface area (Å²) in [6, 6.07) is 0. The molecular weight excluding hydrogens is 176 g/mol. The largest absolute Gasteiger partial charge is 0.393 e. The average molecular weight is 184 g/mol. The van der Waals surface area contributed by atoms with Crippen LogP contribution in [-0.2, 0) is 7.05 Å². The molecule has 0 saturated carbocycles. The quantitative estimate of drug-likeness (QED) is 0.198. The van der Waals surface area contributed by atoms with Crippen molar-refractivity contribution in [1.29, 1.82) is 0 Å². The minimum Gasteiger partial charge on any atom is -0.380 e. The summed E-state index contributed by atoms with van der Waals surface area (Å²) in [5.74, 6) is 4.43. The molecule has 0 aliphatic carbocycles. The van der Waals surface area contributed by atoms with E-state index in [0.29, 0.717) is 0 Å². The topological polar surface area (TPSA) is 125 Å². The monoisotopic (exact) mass is 184 g/mol. The zero-order valence-corrected chi connectivity index (χ0v) is 6.84. The third-order valence-electron chi connectivity index (χ3n) is 1.47. The van der Waals surface area contributed by atoms with E-state index in [2.05, 4.69) is 10.1 Å². The molecule has 0 aliphatic heterocycles. The number of imidazole rings is 1. The third kappa shape index (κ3) is 1.41. The van der Waals surface area contributed by atoms with Gasteiger partial charge >= 0.3 is 5.82 Å². The van der Waals surface area contributed by atoms with E-state index in [0.717, 1.165) is 0 Å². The Hall–Kier alpha value is -2.12. The molecule has 0 aliphatic rings. The molecule has 0 fully saturated rings. The summed E-state index contributed by atoms with van der Waals surface area (Å²) >= 11 is 0. The zero-order valence-electron chi connectivity index (χ0n) is 6.84. The zero-order chi connectivity index (χ0) is 10.0. The number of amidine groups is 1. The maximum Gasteiger partial charge on any atom is 0.393 e. The van der Waals surface area contributed by atoms with Gasteiger partial charge in [0.1, 0.15) is 0 Å². The van der Waals surface area contributed by atoms with E-state index in [1.54, 1.807) is 7.05 Å². The van der Waals surface area contributed by atoms with Crippen LogP contribution in [0, 0.1) is 10.1 Å². The van der Waals surface area contributed by atoms with Gasteiger partial charge in [0.05, 0.1) is 0 Å². The Morgan fingerprint density at radius 2 is 2.46 bits per heavy atom. The Kier molecular flexibility index (Phi) is 2.13. The Morgan fingerprint density at radius 3 is 2.92 bits per heavy atom. The molecule has 0 unspecified atom stereocenters. The Balaban J connectivity index is 3.32. The van der Waals surface area contributed by atoms with Crippen LogP contribution in [0.25, 0.3) is 0 Å². The van der Waals surface area contributed by atoms with Gasteiger partial charge in [0.25, 0.3) is 0 Å². The minimum absolute atomic E-state index is 0.104. The summed E-state index contributed by atoms with van der Waals surface area (Å²) < 4.78 is 1.38. The van der Waals surface area contributed by atoms with Crippen LogP contribution >= 0.6 is 0 Å². The van der Waals surface area contributed by atoms with Gasteiger partial charge in [-0.2, -0.15) is 5.10 Å². The summed E-state index contributed by atoms with van der Waals surface area (Å²) in [6.45, 7) is 0. The van der Waals surface area contributed by atoms with Gasteiger partial charge in [0.2, 0.25) is 6.33 Å². The lowest BCUT2D eigenvalue weighted by Crippen LogP contribution is -2.20. The fraction of sp³-hybridized carbons (Fsp3) is 0.200. The molecule has 1 heterocycles. The van der Waals surface area contributed by atoms with Gasteiger partial charge in [-0.1, -0.05) is 0 Å². The number of nitrogens with zero attached hydrogens (tertiary/aromatic N) is 4. The highest BCUT2D eigenvalue weighted by molar-refractivity contribution is 5.98. The lowest BCUT2D eigenvalue weighted by atomic mass is 10.4. The van der Waals surface area contributed by atoms with Gasteiger partial charge < -0.3 is 26.3 Å². The second kappa shape index (κ2) is 3.09. The summed E-state index contributed by atoms with van der Waals surface area (Å²) in [4.78, 5) is 13.3. The van der Waals surface area contributed by atoms with E-state index >= 15 is 0 Å². The van der Waals surface area contributed by atoms with E-state index in [1.165, 1.54) is 10.9 Å². The fourth-order valence-electron chi connectivity index (χ4n) is 0.908. The molecule has 8 heteroatoms. The standard InChI is InChI=1S/C5H8N6O2/c1-10-2-8-5(11(12)13)3(10)4(6)9-7/h2H,7H2,1H3,(H2,6,9). The molecule has 0 atom stereocenters. The van der Waals surface area contributed by atoms with Crippen LogP contribution in [0.4, 0.5) is 5.82 Å². The highest BCUT2D eigenvalue weighted by Crippen LogP contribution is 2.13. The highest BCUT2D eigenvalue weighted by atomic mass is 16.6. The van der Waals surface area contributed by atoms with Gasteiger partial charge in [-0.05, 0) is 9.91 Å². The van der Waals surface area contributed by atoms with Crippen molar-refractivity contribution in [2.45, 2.75) is 0 Å². The van der Waals surface area contributed by atoms with Crippen molar-refractivity contribution < 1.29 is 4.92 Å². The maximum atomic E-state index is 10.4. The maximum absolute atomic E-state index is 10.4. The number of nitro groups is 1. The molecule has 70 valence electrons. The molecule has 4 N–H and O–H groups in total. The fourth-order valence-corrected chi connectivity index (χ4v) is 0.908. The molecule has 1 rings (SSSR count). The lowest BCUT2D eigenvalue weighted by molar-refractivity contribution is -0.389. The molecule has 13 heavy (non-hydrogen) atoms. The highest BCUT2D eigenvalue weighted by Gasteiger charge is 2.22. The van der Waals surface area contributed by atoms with Crippen molar-refractivity contribution in [2.75, 3.05) is 0 Å². The van der Waals surface area contributed by atoms with Gasteiger partial charge in [-0.15, -0.1) is 0 Å². The van der Waals surface area contributed by atoms with Crippen LogP contribution < -0.4 is 11.6 Å². The van der Waals surface area contributed by atoms with Crippen LogP contribution in [0.5, 0.6) is 0 Å². The van der Waals surface area contributed by atoms with E-state index in [1.807, 2.05) is 0 Å². The van der Waals surface area contributed by atoms with Crippen LogP contribution in [0.15, 0.2) is 11.4 Å². The molecule has 1 aromatic heterocycles. The van der Waals surface area contributed by atoms with Crippen LogP contribution in [-0.4, -0.2) is 20.3 Å². The molecule has 8 nitrogen and oxygen atoms in total. The smallest absolute Gasteiger partial charge is 0.380 e. The van der Waals surface area contributed by atoms with E-state index < -0.39 is 4.92 Å². The van der Waals surface area contributed by atoms with Crippen molar-refractivity contribution in [1.82, 2.24) is 9.55 Å². The normalized spacial score (nSPS) is 11.6. The molecule has 0 bridgehead atoms. The minimum atomic E-state index is -0.645. The van der Waals surface area contributed by atoms with Crippen molar-refractivity contribution in [2.24, 2.45) is 23.7 Å². The van der Waals surface area contributed by atoms with Gasteiger partial charge in [0.15, 0.2) is 11.5 Å². The average Bonchev–Trinajstić information content (AvgIpc) is 2.46. The lowest BCUT2D eigenvalue weighted by Gasteiger charge is -1.98. The first-order chi connectivity index (χ1) is 6.07. The molecule has 0 spiro atoms. The van der Waals surface area contributed by atoms with E-state index in [-0.39, 0.29) is 17.3 Å². The summed E-state index contributed by atoms with van der Waals surface area (Å²) in [6.07, 6.45) is 1.27. The van der Waals surface area contributed by atoms with Gasteiger partial charge in [-0.3, -0.25) is 0 Å². The van der Waals surface area contributed by atoms with E-state index in [9.17, 15) is 10.1 Å². The summed E-state index contributed by atoms with van der Waals surface area (Å²) in [7, 11) is 1.56. The van der Waals surface area contributed by atoms with Gasteiger partial charge in [0, 0.05) is 7.05 Å². The first-order valence-corrected chi connectivity index (χ1v) is 3.27. The van der Waals surface area contributed by atoms with Crippen molar-refractivity contribution in [3.8, 4) is 0 Å². The van der Waals surface area contributed by atoms with Crippen molar-refractivity contribution in [3.05, 3.63) is 22.1 Å². The SMILES string of the molecule is Cn1cnc([N+](=O)[O-])c1/C(N)=N\N. The van der Waals surface area contributed by atoms with Crippen molar-refractivity contribution in [3.63, 3.8) is 0 Å².